The lowest BCUT2D eigenvalue weighted by atomic mass is 10.0. The molecule has 0 spiro atoms. The Hall–Kier alpha value is -1.21. The van der Waals surface area contributed by atoms with Gasteiger partial charge in [-0.25, -0.2) is 0 Å². The maximum Gasteiger partial charge on any atom is 0.446 e. The zero-order valence-corrected chi connectivity index (χ0v) is 12.0. The standard InChI is InChI=1S/C13H17F3N2OS/c1-8(2)7-9(17)12(19)18-10-5-3-4-6-11(10)20-13(14,15)16/h3-6,8-9H,7,17H2,1-2H3,(H,18,19)/t9-/m0/s1. The monoisotopic (exact) mass is 306 g/mol. The second kappa shape index (κ2) is 6.99. The van der Waals surface area contributed by atoms with Crippen LogP contribution in [0.2, 0.25) is 0 Å². The van der Waals surface area contributed by atoms with Gasteiger partial charge in [-0.05, 0) is 36.2 Å². The number of thioether (sulfide) groups is 1. The summed E-state index contributed by atoms with van der Waals surface area (Å²) in [5.74, 6) is -0.246. The number of nitrogens with one attached hydrogen (secondary N) is 1. The minimum atomic E-state index is -4.40. The van der Waals surface area contributed by atoms with Crippen molar-refractivity contribution in [2.75, 3.05) is 5.32 Å². The molecule has 0 fully saturated rings. The molecule has 0 saturated carbocycles. The molecule has 1 aromatic carbocycles. The highest BCUT2D eigenvalue weighted by atomic mass is 32.2. The zero-order valence-electron chi connectivity index (χ0n) is 11.2. The zero-order chi connectivity index (χ0) is 15.3. The first kappa shape index (κ1) is 16.8. The van der Waals surface area contributed by atoms with E-state index in [9.17, 15) is 18.0 Å². The highest BCUT2D eigenvalue weighted by Crippen LogP contribution is 2.40. The van der Waals surface area contributed by atoms with Crippen molar-refractivity contribution in [1.29, 1.82) is 0 Å². The normalized spacial score (nSPS) is 13.3. The molecule has 0 bridgehead atoms. The minimum Gasteiger partial charge on any atom is -0.324 e. The van der Waals surface area contributed by atoms with Gasteiger partial charge in [0, 0.05) is 4.90 Å². The van der Waals surface area contributed by atoms with Crippen LogP contribution >= 0.6 is 11.8 Å². The van der Waals surface area contributed by atoms with Gasteiger partial charge < -0.3 is 11.1 Å². The second-order valence-corrected chi connectivity index (χ2v) is 5.88. The molecule has 1 aromatic rings. The maximum absolute atomic E-state index is 12.4. The summed E-state index contributed by atoms with van der Waals surface area (Å²) in [6.07, 6.45) is 0.473. The quantitative estimate of drug-likeness (QED) is 0.817. The average Bonchev–Trinajstić information content (AvgIpc) is 2.28. The largest absolute Gasteiger partial charge is 0.446 e. The Morgan fingerprint density at radius 1 is 1.35 bits per heavy atom. The number of alkyl halides is 3. The van der Waals surface area contributed by atoms with Gasteiger partial charge in [-0.1, -0.05) is 26.0 Å². The SMILES string of the molecule is CC(C)C[C@H](N)C(=O)Nc1ccccc1SC(F)(F)F. The van der Waals surface area contributed by atoms with Crippen LogP contribution in [0.3, 0.4) is 0 Å². The van der Waals surface area contributed by atoms with Gasteiger partial charge in [0.05, 0.1) is 11.7 Å². The van der Waals surface area contributed by atoms with E-state index in [4.69, 9.17) is 5.73 Å². The van der Waals surface area contributed by atoms with Gasteiger partial charge >= 0.3 is 5.51 Å². The fourth-order valence-electron chi connectivity index (χ4n) is 1.62. The number of halogens is 3. The molecule has 0 heterocycles. The number of benzene rings is 1. The summed E-state index contributed by atoms with van der Waals surface area (Å²) in [6.45, 7) is 3.83. The molecule has 112 valence electrons. The molecule has 0 unspecified atom stereocenters. The van der Waals surface area contributed by atoms with E-state index in [1.165, 1.54) is 18.2 Å². The van der Waals surface area contributed by atoms with E-state index < -0.39 is 17.5 Å². The molecule has 0 aliphatic rings. The number of hydrogen-bond donors (Lipinski definition) is 2. The maximum atomic E-state index is 12.4. The smallest absolute Gasteiger partial charge is 0.324 e. The number of carbonyl (C=O) groups is 1. The summed E-state index contributed by atoms with van der Waals surface area (Å²) >= 11 is -0.261. The third-order valence-electron chi connectivity index (χ3n) is 2.43. The number of rotatable bonds is 5. The third-order valence-corrected chi connectivity index (χ3v) is 3.24. The Morgan fingerprint density at radius 3 is 2.50 bits per heavy atom. The third kappa shape index (κ3) is 5.83. The van der Waals surface area contributed by atoms with Gasteiger partial charge in [0.1, 0.15) is 0 Å². The van der Waals surface area contributed by atoms with E-state index in [0.717, 1.165) is 0 Å². The molecule has 0 aliphatic carbocycles. The van der Waals surface area contributed by atoms with Crippen LogP contribution < -0.4 is 11.1 Å². The molecule has 20 heavy (non-hydrogen) atoms. The summed E-state index contributed by atoms with van der Waals surface area (Å²) in [6, 6.07) is 5.04. The molecule has 0 radical (unpaired) electrons. The van der Waals surface area contributed by atoms with Crippen molar-refractivity contribution in [1.82, 2.24) is 0 Å². The number of amides is 1. The lowest BCUT2D eigenvalue weighted by Gasteiger charge is -2.16. The second-order valence-electron chi connectivity index (χ2n) is 4.77. The predicted molar refractivity (Wildman–Crippen MR) is 74.4 cm³/mol. The van der Waals surface area contributed by atoms with E-state index in [1.807, 2.05) is 13.8 Å². The molecular weight excluding hydrogens is 289 g/mol. The average molecular weight is 306 g/mol. The number of para-hydroxylation sites is 1. The van der Waals surface area contributed by atoms with Crippen LogP contribution in [-0.4, -0.2) is 17.5 Å². The Labute approximate surface area is 120 Å². The van der Waals surface area contributed by atoms with Crippen molar-refractivity contribution in [3.05, 3.63) is 24.3 Å². The van der Waals surface area contributed by atoms with Gasteiger partial charge in [0.2, 0.25) is 5.91 Å². The van der Waals surface area contributed by atoms with Crippen LogP contribution in [0, 0.1) is 5.92 Å². The van der Waals surface area contributed by atoms with Crippen molar-refractivity contribution in [3.8, 4) is 0 Å². The number of nitrogens with two attached hydrogens (primary N) is 1. The van der Waals surface area contributed by atoms with Crippen LogP contribution in [0.25, 0.3) is 0 Å². The molecule has 0 saturated heterocycles. The summed E-state index contributed by atoms with van der Waals surface area (Å²) < 4.78 is 37.2. The Balaban J connectivity index is 2.79. The van der Waals surface area contributed by atoms with Gasteiger partial charge in [0.15, 0.2) is 0 Å². The van der Waals surface area contributed by atoms with Crippen LogP contribution in [0.1, 0.15) is 20.3 Å². The molecule has 7 heteroatoms. The van der Waals surface area contributed by atoms with Crippen LogP contribution in [-0.2, 0) is 4.79 Å². The topological polar surface area (TPSA) is 55.1 Å². The number of carbonyl (C=O) groups excluding carboxylic acids is 1. The number of hydrogen-bond acceptors (Lipinski definition) is 3. The van der Waals surface area contributed by atoms with Crippen LogP contribution in [0.5, 0.6) is 0 Å². The van der Waals surface area contributed by atoms with Gasteiger partial charge in [-0.2, -0.15) is 13.2 Å². The van der Waals surface area contributed by atoms with Crippen molar-refractivity contribution >= 4 is 23.4 Å². The Bertz CT molecular complexity index is 463. The molecular formula is C13H17F3N2OS. The molecule has 0 aromatic heterocycles. The fourth-order valence-corrected chi connectivity index (χ4v) is 2.25. The molecule has 0 aliphatic heterocycles. The van der Waals surface area contributed by atoms with Crippen LogP contribution in [0.4, 0.5) is 18.9 Å². The Kier molecular flexibility index (Phi) is 5.88. The molecule has 1 atom stereocenters. The van der Waals surface area contributed by atoms with Crippen molar-refractivity contribution < 1.29 is 18.0 Å². The van der Waals surface area contributed by atoms with Crippen LogP contribution in [0.15, 0.2) is 29.2 Å². The van der Waals surface area contributed by atoms with Gasteiger partial charge in [0.25, 0.3) is 0 Å². The van der Waals surface area contributed by atoms with E-state index in [2.05, 4.69) is 5.32 Å². The first-order valence-electron chi connectivity index (χ1n) is 6.10. The lowest BCUT2D eigenvalue weighted by Crippen LogP contribution is -2.36. The van der Waals surface area contributed by atoms with Crippen molar-refractivity contribution in [2.45, 2.75) is 36.7 Å². The van der Waals surface area contributed by atoms with Crippen molar-refractivity contribution in [2.24, 2.45) is 11.7 Å². The van der Waals surface area contributed by atoms with Crippen molar-refractivity contribution in [3.63, 3.8) is 0 Å². The molecule has 3 nitrogen and oxygen atoms in total. The highest BCUT2D eigenvalue weighted by molar-refractivity contribution is 8.00. The van der Waals surface area contributed by atoms with Gasteiger partial charge in [-0.15, -0.1) is 0 Å². The number of anilines is 1. The molecule has 1 amide bonds. The Morgan fingerprint density at radius 2 is 1.95 bits per heavy atom. The summed E-state index contributed by atoms with van der Waals surface area (Å²) in [5, 5.41) is 2.45. The fraction of sp³-hybridized carbons (Fsp3) is 0.462. The van der Waals surface area contributed by atoms with E-state index in [1.54, 1.807) is 6.07 Å². The summed E-state index contributed by atoms with van der Waals surface area (Å²) in [7, 11) is 0. The highest BCUT2D eigenvalue weighted by Gasteiger charge is 2.30. The lowest BCUT2D eigenvalue weighted by molar-refractivity contribution is -0.117. The van der Waals surface area contributed by atoms with E-state index >= 15 is 0 Å². The minimum absolute atomic E-state index is 0.0508. The van der Waals surface area contributed by atoms with Gasteiger partial charge in [-0.3, -0.25) is 4.79 Å². The first-order valence-corrected chi connectivity index (χ1v) is 6.92. The summed E-state index contributed by atoms with van der Waals surface area (Å²) in [5.41, 5.74) is 1.42. The predicted octanol–water partition coefficient (Wildman–Crippen LogP) is 3.61. The first-order chi connectivity index (χ1) is 9.19. The van der Waals surface area contributed by atoms with E-state index in [0.29, 0.717) is 6.42 Å². The molecule has 3 N–H and O–H groups in total. The summed E-state index contributed by atoms with van der Waals surface area (Å²) in [4.78, 5) is 11.8. The molecule has 1 rings (SSSR count). The van der Waals surface area contributed by atoms with E-state index in [-0.39, 0.29) is 28.3 Å².